The number of amides is 1. The first kappa shape index (κ1) is 14.8. The average Bonchev–Trinajstić information content (AvgIpc) is 2.55. The van der Waals surface area contributed by atoms with E-state index in [9.17, 15) is 13.2 Å². The van der Waals surface area contributed by atoms with E-state index in [-0.39, 0.29) is 30.0 Å². The molecule has 0 aliphatic carbocycles. The molecule has 2 heterocycles. The van der Waals surface area contributed by atoms with Crippen molar-refractivity contribution in [3.63, 3.8) is 0 Å². The van der Waals surface area contributed by atoms with Crippen molar-refractivity contribution in [3.8, 4) is 0 Å². The number of aryl methyl sites for hydroxylation is 1. The van der Waals surface area contributed by atoms with Gasteiger partial charge in [-0.25, -0.2) is 8.42 Å². The number of carbonyl (C=O) groups excluding carboxylic acids is 1. The number of sulfone groups is 1. The first-order valence-electron chi connectivity index (χ1n) is 6.58. The molecule has 1 aliphatic rings. The zero-order chi connectivity index (χ0) is 14.9. The molecule has 112 valence electrons. The number of carbonyl (C=O) groups is 1. The molecule has 0 aromatic carbocycles. The molecule has 0 saturated carbocycles. The van der Waals surface area contributed by atoms with Gasteiger partial charge in [0.05, 0.1) is 28.6 Å². The number of nitrogens with two attached hydrogens (primary N) is 1. The maximum atomic E-state index is 12.0. The molecule has 8 heteroatoms. The van der Waals surface area contributed by atoms with Crippen molar-refractivity contribution in [2.24, 2.45) is 0 Å². The van der Waals surface area contributed by atoms with Crippen molar-refractivity contribution >= 4 is 21.4 Å². The first-order valence-corrected chi connectivity index (χ1v) is 8.40. The van der Waals surface area contributed by atoms with Gasteiger partial charge in [-0.1, -0.05) is 0 Å². The monoisotopic (exact) mass is 300 g/mol. The van der Waals surface area contributed by atoms with Crippen LogP contribution in [0, 0.1) is 13.8 Å². The topological polar surface area (TPSA) is 107 Å². The Labute approximate surface area is 118 Å². The van der Waals surface area contributed by atoms with Crippen LogP contribution in [0.4, 0.5) is 5.69 Å². The highest BCUT2D eigenvalue weighted by Gasteiger charge is 2.26. The van der Waals surface area contributed by atoms with Gasteiger partial charge in [0.1, 0.15) is 6.54 Å². The van der Waals surface area contributed by atoms with Crippen LogP contribution in [0.15, 0.2) is 0 Å². The van der Waals surface area contributed by atoms with E-state index in [1.165, 1.54) is 4.68 Å². The first-order chi connectivity index (χ1) is 9.28. The minimum atomic E-state index is -3.02. The Morgan fingerprint density at radius 3 is 2.75 bits per heavy atom. The Kier molecular flexibility index (Phi) is 4.03. The molecule has 7 nitrogen and oxygen atoms in total. The van der Waals surface area contributed by atoms with Gasteiger partial charge in [-0.3, -0.25) is 9.48 Å². The van der Waals surface area contributed by atoms with E-state index in [0.29, 0.717) is 24.2 Å². The molecule has 0 radical (unpaired) electrons. The molecule has 0 bridgehead atoms. The van der Waals surface area contributed by atoms with Crippen molar-refractivity contribution in [1.29, 1.82) is 0 Å². The van der Waals surface area contributed by atoms with E-state index >= 15 is 0 Å². The summed E-state index contributed by atoms with van der Waals surface area (Å²) in [6.07, 6.45) is 1.30. The maximum Gasteiger partial charge on any atom is 0.241 e. The molecule has 1 aromatic heterocycles. The third-order valence-electron chi connectivity index (χ3n) is 3.56. The smallest absolute Gasteiger partial charge is 0.241 e. The Balaban J connectivity index is 1.97. The predicted octanol–water partition coefficient (Wildman–Crippen LogP) is -0.224. The van der Waals surface area contributed by atoms with Crippen LogP contribution in [-0.4, -0.2) is 41.7 Å². The molecule has 1 aromatic rings. The van der Waals surface area contributed by atoms with Crippen molar-refractivity contribution in [2.75, 3.05) is 17.2 Å². The second-order valence-corrected chi connectivity index (χ2v) is 7.49. The normalized spacial score (nSPS) is 21.6. The number of hydrogen-bond donors (Lipinski definition) is 2. The SMILES string of the molecule is Cc1nn(CC(=O)NC2CCCS(=O)(=O)C2)c(C)c1N. The van der Waals surface area contributed by atoms with Crippen LogP contribution >= 0.6 is 0 Å². The minimum Gasteiger partial charge on any atom is -0.396 e. The van der Waals surface area contributed by atoms with Crippen molar-refractivity contribution in [2.45, 2.75) is 39.3 Å². The number of rotatable bonds is 3. The number of nitrogens with one attached hydrogen (secondary N) is 1. The number of hydrogen-bond acceptors (Lipinski definition) is 5. The Morgan fingerprint density at radius 1 is 1.50 bits per heavy atom. The Hall–Kier alpha value is -1.57. The summed E-state index contributed by atoms with van der Waals surface area (Å²) in [5, 5.41) is 6.94. The number of nitrogens with zero attached hydrogens (tertiary/aromatic N) is 2. The van der Waals surface area contributed by atoms with E-state index < -0.39 is 9.84 Å². The molecule has 1 aliphatic heterocycles. The molecular weight excluding hydrogens is 280 g/mol. The Bertz CT molecular complexity index is 621. The van der Waals surface area contributed by atoms with Crippen LogP contribution in [0.3, 0.4) is 0 Å². The lowest BCUT2D eigenvalue weighted by Gasteiger charge is -2.23. The summed E-state index contributed by atoms with van der Waals surface area (Å²) in [4.78, 5) is 12.0. The Morgan fingerprint density at radius 2 is 2.20 bits per heavy atom. The van der Waals surface area contributed by atoms with Gasteiger partial charge < -0.3 is 11.1 Å². The second-order valence-electron chi connectivity index (χ2n) is 5.26. The molecule has 0 spiro atoms. The fourth-order valence-electron chi connectivity index (χ4n) is 2.41. The number of nitrogen functional groups attached to an aromatic ring is 1. The number of anilines is 1. The van der Waals surface area contributed by atoms with Gasteiger partial charge in [0.25, 0.3) is 0 Å². The van der Waals surface area contributed by atoms with Crippen LogP contribution < -0.4 is 11.1 Å². The summed E-state index contributed by atoms with van der Waals surface area (Å²) in [6.45, 7) is 3.64. The van der Waals surface area contributed by atoms with Crippen molar-refractivity contribution in [1.82, 2.24) is 15.1 Å². The molecule has 1 saturated heterocycles. The van der Waals surface area contributed by atoms with E-state index in [1.54, 1.807) is 13.8 Å². The lowest BCUT2D eigenvalue weighted by molar-refractivity contribution is -0.122. The van der Waals surface area contributed by atoms with Crippen molar-refractivity contribution in [3.05, 3.63) is 11.4 Å². The third kappa shape index (κ3) is 3.30. The maximum absolute atomic E-state index is 12.0. The van der Waals surface area contributed by atoms with Crippen LogP contribution in [0.25, 0.3) is 0 Å². The largest absolute Gasteiger partial charge is 0.396 e. The highest BCUT2D eigenvalue weighted by molar-refractivity contribution is 7.91. The average molecular weight is 300 g/mol. The van der Waals surface area contributed by atoms with Crippen LogP contribution in [0.1, 0.15) is 24.2 Å². The zero-order valence-electron chi connectivity index (χ0n) is 11.7. The van der Waals surface area contributed by atoms with Crippen LogP contribution in [-0.2, 0) is 21.2 Å². The van der Waals surface area contributed by atoms with Crippen molar-refractivity contribution < 1.29 is 13.2 Å². The van der Waals surface area contributed by atoms with E-state index in [0.717, 1.165) is 5.69 Å². The molecule has 20 heavy (non-hydrogen) atoms. The lowest BCUT2D eigenvalue weighted by Crippen LogP contribution is -2.44. The molecular formula is C12H20N4O3S. The summed E-state index contributed by atoms with van der Waals surface area (Å²) in [5.41, 5.74) is 7.82. The summed E-state index contributed by atoms with van der Waals surface area (Å²) >= 11 is 0. The van der Waals surface area contributed by atoms with E-state index in [4.69, 9.17) is 5.73 Å². The van der Waals surface area contributed by atoms with Crippen LogP contribution in [0.2, 0.25) is 0 Å². The van der Waals surface area contributed by atoms with Gasteiger partial charge in [0, 0.05) is 6.04 Å². The molecule has 1 fully saturated rings. The van der Waals surface area contributed by atoms with Gasteiger partial charge in [-0.05, 0) is 26.7 Å². The highest BCUT2D eigenvalue weighted by Crippen LogP contribution is 2.15. The highest BCUT2D eigenvalue weighted by atomic mass is 32.2. The van der Waals surface area contributed by atoms with Gasteiger partial charge in [0.15, 0.2) is 9.84 Å². The molecule has 2 rings (SSSR count). The quantitative estimate of drug-likeness (QED) is 0.802. The number of aromatic nitrogens is 2. The minimum absolute atomic E-state index is 0.0258. The predicted molar refractivity (Wildman–Crippen MR) is 75.9 cm³/mol. The van der Waals surface area contributed by atoms with E-state index in [1.807, 2.05) is 0 Å². The summed E-state index contributed by atoms with van der Waals surface area (Å²) < 4.78 is 24.6. The van der Waals surface area contributed by atoms with Gasteiger partial charge in [0.2, 0.25) is 5.91 Å². The van der Waals surface area contributed by atoms with Gasteiger partial charge >= 0.3 is 0 Å². The van der Waals surface area contributed by atoms with Gasteiger partial charge in [-0.15, -0.1) is 0 Å². The third-order valence-corrected chi connectivity index (χ3v) is 5.38. The molecule has 1 unspecified atom stereocenters. The standard InChI is InChI=1S/C12H20N4O3S/c1-8-12(13)9(2)16(15-8)6-11(17)14-10-4-3-5-20(18,19)7-10/h10H,3-7,13H2,1-2H3,(H,14,17). The fraction of sp³-hybridized carbons (Fsp3) is 0.667. The molecule has 1 atom stereocenters. The summed E-state index contributed by atoms with van der Waals surface area (Å²) in [5.74, 6) is 0.00319. The molecule has 3 N–H and O–H groups in total. The van der Waals surface area contributed by atoms with Gasteiger partial charge in [-0.2, -0.15) is 5.10 Å². The zero-order valence-corrected chi connectivity index (χ0v) is 12.5. The van der Waals surface area contributed by atoms with E-state index in [2.05, 4.69) is 10.4 Å². The fourth-order valence-corrected chi connectivity index (χ4v) is 4.05. The summed E-state index contributed by atoms with van der Waals surface area (Å²) in [7, 11) is -3.02. The molecule has 1 amide bonds. The lowest BCUT2D eigenvalue weighted by atomic mass is 10.2. The second kappa shape index (κ2) is 5.43. The summed E-state index contributed by atoms with van der Waals surface area (Å²) in [6, 6.07) is -0.296. The van der Waals surface area contributed by atoms with Crippen LogP contribution in [0.5, 0.6) is 0 Å².